The number of rotatable bonds is 2. The van der Waals surface area contributed by atoms with Gasteiger partial charge in [0, 0.05) is 39.3 Å². The monoisotopic (exact) mass is 484 g/mol. The first-order valence-corrected chi connectivity index (χ1v) is 11.5. The Balaban J connectivity index is 1.65. The van der Waals surface area contributed by atoms with Crippen LogP contribution in [0.1, 0.15) is 44.5 Å². The van der Waals surface area contributed by atoms with Gasteiger partial charge in [0.25, 0.3) is 5.91 Å². The number of ether oxygens (including phenoxy) is 3. The van der Waals surface area contributed by atoms with Crippen LogP contribution in [0.2, 0.25) is 5.15 Å². The maximum absolute atomic E-state index is 15.0. The molecule has 0 N–H and O–H groups in total. The van der Waals surface area contributed by atoms with Gasteiger partial charge in [-0.05, 0) is 34.1 Å². The summed E-state index contributed by atoms with van der Waals surface area (Å²) in [5, 5.41) is -0.347. The molecule has 2 saturated heterocycles. The van der Waals surface area contributed by atoms with Crippen molar-refractivity contribution in [3.8, 4) is 5.75 Å². The van der Waals surface area contributed by atoms with Crippen molar-refractivity contribution < 1.29 is 28.2 Å². The Bertz CT molecular complexity index is 956. The molecule has 3 aliphatic rings. The molecule has 11 heteroatoms. The van der Waals surface area contributed by atoms with Crippen molar-refractivity contribution in [2.75, 3.05) is 44.8 Å². The minimum Gasteiger partial charge on any atom is -0.487 e. The second-order valence-corrected chi connectivity index (χ2v) is 10.1. The van der Waals surface area contributed by atoms with E-state index in [0.29, 0.717) is 18.9 Å². The van der Waals surface area contributed by atoms with E-state index < -0.39 is 23.6 Å². The average molecular weight is 485 g/mol. The van der Waals surface area contributed by atoms with E-state index in [1.165, 1.54) is 0 Å². The second kappa shape index (κ2) is 8.79. The van der Waals surface area contributed by atoms with Gasteiger partial charge in [0.1, 0.15) is 23.6 Å². The molecule has 0 aromatic carbocycles. The van der Waals surface area contributed by atoms with E-state index in [1.54, 1.807) is 37.7 Å². The summed E-state index contributed by atoms with van der Waals surface area (Å²) in [6.45, 7) is 8.70. The lowest BCUT2D eigenvalue weighted by atomic mass is 10.1. The number of aromatic nitrogens is 1. The zero-order chi connectivity index (χ0) is 24.1. The number of hydrogen-bond donors (Lipinski definition) is 0. The van der Waals surface area contributed by atoms with Gasteiger partial charge in [0.05, 0.1) is 12.1 Å². The quantitative estimate of drug-likeness (QED) is 0.597. The Kier molecular flexibility index (Phi) is 6.34. The molecule has 33 heavy (non-hydrogen) atoms. The zero-order valence-electron chi connectivity index (χ0n) is 19.6. The molecule has 0 radical (unpaired) electrons. The van der Waals surface area contributed by atoms with Crippen molar-refractivity contribution in [3.63, 3.8) is 0 Å². The lowest BCUT2D eigenvalue weighted by molar-refractivity contribution is 0.000865. The fourth-order valence-electron chi connectivity index (χ4n) is 4.57. The number of anilines is 1. The van der Waals surface area contributed by atoms with Crippen LogP contribution in [-0.2, 0) is 9.47 Å². The van der Waals surface area contributed by atoms with E-state index >= 15 is 0 Å². The minimum atomic E-state index is -0.859. The molecule has 0 spiro atoms. The summed E-state index contributed by atoms with van der Waals surface area (Å²) in [4.78, 5) is 35.6. The second-order valence-electron chi connectivity index (χ2n) is 9.73. The molecule has 0 saturated carbocycles. The number of carbonyl (C=O) groups excluding carboxylic acids is 2. The Morgan fingerprint density at radius 1 is 1.24 bits per heavy atom. The summed E-state index contributed by atoms with van der Waals surface area (Å²) in [6, 6.07) is -0.441. The summed E-state index contributed by atoms with van der Waals surface area (Å²) in [5.74, 6) is -1.14. The average Bonchev–Trinajstić information content (AvgIpc) is 3.05. The molecule has 3 atom stereocenters. The highest BCUT2D eigenvalue weighted by Crippen LogP contribution is 2.40. The predicted molar refractivity (Wildman–Crippen MR) is 120 cm³/mol. The molecule has 1 aromatic rings. The van der Waals surface area contributed by atoms with Gasteiger partial charge in [-0.15, -0.1) is 0 Å². The molecule has 9 nitrogen and oxygen atoms in total. The minimum absolute atomic E-state index is 0.0175. The van der Waals surface area contributed by atoms with Gasteiger partial charge in [0.15, 0.2) is 10.9 Å². The highest BCUT2D eigenvalue weighted by Gasteiger charge is 2.43. The van der Waals surface area contributed by atoms with Crippen LogP contribution in [0.4, 0.5) is 15.0 Å². The number of methoxy groups -OCH3 is 1. The van der Waals surface area contributed by atoms with Gasteiger partial charge >= 0.3 is 6.09 Å². The highest BCUT2D eigenvalue weighted by molar-refractivity contribution is 6.30. The van der Waals surface area contributed by atoms with Crippen molar-refractivity contribution in [1.82, 2.24) is 14.8 Å². The third-order valence-corrected chi connectivity index (χ3v) is 6.46. The Labute approximate surface area is 197 Å². The summed E-state index contributed by atoms with van der Waals surface area (Å²) >= 11 is 6.11. The van der Waals surface area contributed by atoms with Gasteiger partial charge in [-0.25, -0.2) is 9.78 Å². The van der Waals surface area contributed by atoms with Crippen LogP contribution in [-0.4, -0.2) is 90.5 Å². The molecule has 1 aromatic heterocycles. The Morgan fingerprint density at radius 2 is 1.97 bits per heavy atom. The van der Waals surface area contributed by atoms with E-state index in [9.17, 15) is 14.0 Å². The zero-order valence-corrected chi connectivity index (χ0v) is 20.3. The number of hydrogen-bond acceptors (Lipinski definition) is 7. The van der Waals surface area contributed by atoms with E-state index in [2.05, 4.69) is 4.98 Å². The number of nitrogens with zero attached hydrogens (tertiary/aromatic N) is 4. The predicted octanol–water partition coefficient (Wildman–Crippen LogP) is 2.94. The van der Waals surface area contributed by atoms with E-state index in [-0.39, 0.29) is 54.2 Å². The third kappa shape index (κ3) is 4.55. The summed E-state index contributed by atoms with van der Waals surface area (Å²) < 4.78 is 31.8. The van der Waals surface area contributed by atoms with E-state index in [0.717, 1.165) is 6.42 Å². The van der Waals surface area contributed by atoms with Crippen LogP contribution in [0.3, 0.4) is 0 Å². The fourth-order valence-corrected chi connectivity index (χ4v) is 4.73. The number of amides is 2. The number of pyridine rings is 1. The van der Waals surface area contributed by atoms with Crippen LogP contribution in [0.5, 0.6) is 5.75 Å². The number of fused-ring (bicyclic) bond motifs is 2. The third-order valence-electron chi connectivity index (χ3n) is 6.21. The summed E-state index contributed by atoms with van der Waals surface area (Å²) in [5.41, 5.74) is -0.568. The smallest absolute Gasteiger partial charge is 0.410 e. The molecule has 4 heterocycles. The molecule has 4 rings (SSSR count). The maximum atomic E-state index is 15.0. The van der Waals surface area contributed by atoms with Crippen molar-refractivity contribution in [1.29, 1.82) is 0 Å². The molecule has 0 bridgehead atoms. The Morgan fingerprint density at radius 3 is 2.61 bits per heavy atom. The largest absolute Gasteiger partial charge is 0.487 e. The summed E-state index contributed by atoms with van der Waals surface area (Å²) in [6.07, 6.45) is 0.256. The lowest BCUT2D eigenvalue weighted by Crippen LogP contribution is -2.58. The SMILES string of the molecule is CO[C@H]1C[C@H](C)N(c2nc(Cl)c(F)c3c2C(=O)N2CCN(C(=O)OC(C)(C)C)C[C@@H]2CO3)C1. The first-order chi connectivity index (χ1) is 15.5. The molecular weight excluding hydrogens is 455 g/mol. The van der Waals surface area contributed by atoms with Crippen LogP contribution < -0.4 is 9.64 Å². The molecule has 2 amide bonds. The number of carbonyl (C=O) groups is 2. The first-order valence-electron chi connectivity index (χ1n) is 11.1. The number of halogens is 2. The normalized spacial score (nSPS) is 25.4. The Hall–Kier alpha value is -2.33. The van der Waals surface area contributed by atoms with Crippen molar-refractivity contribution in [2.45, 2.75) is 57.9 Å². The van der Waals surface area contributed by atoms with Crippen molar-refractivity contribution >= 4 is 29.4 Å². The van der Waals surface area contributed by atoms with Crippen LogP contribution in [0, 0.1) is 5.82 Å². The van der Waals surface area contributed by atoms with E-state index in [1.807, 2.05) is 11.8 Å². The molecule has 3 aliphatic heterocycles. The highest BCUT2D eigenvalue weighted by atomic mass is 35.5. The van der Waals surface area contributed by atoms with Crippen LogP contribution in [0.15, 0.2) is 0 Å². The van der Waals surface area contributed by atoms with Gasteiger partial charge in [-0.1, -0.05) is 11.6 Å². The van der Waals surface area contributed by atoms with Gasteiger partial charge < -0.3 is 28.9 Å². The fraction of sp³-hybridized carbons (Fsp3) is 0.682. The molecule has 2 fully saturated rings. The maximum Gasteiger partial charge on any atom is 0.410 e. The van der Waals surface area contributed by atoms with Crippen molar-refractivity contribution in [3.05, 3.63) is 16.5 Å². The van der Waals surface area contributed by atoms with Crippen molar-refractivity contribution in [2.24, 2.45) is 0 Å². The van der Waals surface area contributed by atoms with E-state index in [4.69, 9.17) is 25.8 Å². The first kappa shape index (κ1) is 23.8. The van der Waals surface area contributed by atoms with Gasteiger partial charge in [-0.2, -0.15) is 4.39 Å². The van der Waals surface area contributed by atoms with Gasteiger partial charge in [0.2, 0.25) is 5.82 Å². The summed E-state index contributed by atoms with van der Waals surface area (Å²) in [7, 11) is 1.63. The lowest BCUT2D eigenvalue weighted by Gasteiger charge is -2.40. The van der Waals surface area contributed by atoms with Crippen LogP contribution >= 0.6 is 11.6 Å². The molecule has 0 aliphatic carbocycles. The molecule has 182 valence electrons. The number of piperazine rings is 1. The van der Waals surface area contributed by atoms with Crippen LogP contribution in [0.25, 0.3) is 0 Å². The molecule has 0 unspecified atom stereocenters. The topological polar surface area (TPSA) is 84.4 Å². The van der Waals surface area contributed by atoms with Gasteiger partial charge in [-0.3, -0.25) is 4.79 Å². The standard InChI is InChI=1S/C22H30ClFN4O5/c1-12-8-14(31-5)10-28(12)19-15-17(16(24)18(23)25-19)32-11-13-9-26(6-7-27(13)20(15)29)21(30)33-22(2,3)4/h12-14H,6-11H2,1-5H3/t12-,13+,14-/m0/s1. The molecular formula is C22H30ClFN4O5.